The Morgan fingerprint density at radius 3 is 1.58 bits per heavy atom. The predicted octanol–water partition coefficient (Wildman–Crippen LogP) is 7.97. The minimum Gasteiger partial charge on any atom is -0.448 e. The van der Waals surface area contributed by atoms with Crippen LogP contribution in [-0.4, -0.2) is 46.3 Å². The van der Waals surface area contributed by atoms with Crippen molar-refractivity contribution in [3.05, 3.63) is 210 Å². The van der Waals surface area contributed by atoms with Gasteiger partial charge in [0.05, 0.1) is 6.16 Å². The summed E-state index contributed by atoms with van der Waals surface area (Å²) in [4.78, 5) is 35.6. The Balaban J connectivity index is 1.27. The van der Waals surface area contributed by atoms with Crippen LogP contribution < -0.4 is 15.9 Å². The molecular formula is C46H38N2O3PS+. The Labute approximate surface area is 315 Å². The first kappa shape index (κ1) is 34.5. The highest BCUT2D eigenvalue weighted by Gasteiger charge is 2.56. The van der Waals surface area contributed by atoms with Gasteiger partial charge in [0.15, 0.2) is 12.1 Å². The summed E-state index contributed by atoms with van der Waals surface area (Å²) in [5.74, 6) is -0.141. The van der Waals surface area contributed by atoms with Gasteiger partial charge in [-0.05, 0) is 53.1 Å². The summed E-state index contributed by atoms with van der Waals surface area (Å²) in [6.07, 6.45) is 1.67. The molecule has 2 aliphatic rings. The standard InChI is InChI=1S/C46H38N2O3PS/c49-44-41(47-31-34-19-7-1-8-20-34)45-48(44)42(46(50)51-43(35-21-9-2-10-22-35)36-23-11-3-12-24-36)37(33-53-45)32-52(38-25-13-4-14-26-38,39-27-15-5-16-28-39)40-29-17-6-18-30-40/h1-31,41,43,45H,32-33H2/q+1/t41?,45-/m1/s1. The molecule has 1 amide bonds. The van der Waals surface area contributed by atoms with Crippen molar-refractivity contribution in [2.45, 2.75) is 17.5 Å². The normalized spacial score (nSPS) is 17.1. The minimum atomic E-state index is -2.41. The van der Waals surface area contributed by atoms with E-state index in [1.165, 1.54) is 15.9 Å². The van der Waals surface area contributed by atoms with E-state index >= 15 is 0 Å². The van der Waals surface area contributed by atoms with Gasteiger partial charge in [0, 0.05) is 17.5 Å². The summed E-state index contributed by atoms with van der Waals surface area (Å²) in [6, 6.07) is 60.6. The largest absolute Gasteiger partial charge is 0.448 e. The number of amides is 1. The summed E-state index contributed by atoms with van der Waals surface area (Å²) < 4.78 is 6.56. The molecule has 2 heterocycles. The first-order valence-electron chi connectivity index (χ1n) is 17.7. The van der Waals surface area contributed by atoms with Crippen LogP contribution in [0.2, 0.25) is 0 Å². The van der Waals surface area contributed by atoms with Crippen LogP contribution in [0.3, 0.4) is 0 Å². The van der Waals surface area contributed by atoms with E-state index in [-0.39, 0.29) is 11.3 Å². The van der Waals surface area contributed by atoms with Crippen LogP contribution in [0.5, 0.6) is 0 Å². The number of β-lactam (4-membered cyclic amide) rings is 1. The quantitative estimate of drug-likeness (QED) is 0.0588. The van der Waals surface area contributed by atoms with Crippen LogP contribution in [0.15, 0.2) is 198 Å². The molecule has 0 aliphatic carbocycles. The fraction of sp³-hybridized carbons (Fsp3) is 0.109. The van der Waals surface area contributed by atoms with E-state index in [4.69, 9.17) is 9.73 Å². The molecule has 0 radical (unpaired) electrons. The maximum Gasteiger partial charge on any atom is 0.356 e. The van der Waals surface area contributed by atoms with E-state index in [9.17, 15) is 9.59 Å². The van der Waals surface area contributed by atoms with Crippen molar-refractivity contribution in [3.63, 3.8) is 0 Å². The van der Waals surface area contributed by atoms with Crippen LogP contribution >= 0.6 is 19.0 Å². The van der Waals surface area contributed by atoms with E-state index in [1.54, 1.807) is 22.9 Å². The summed E-state index contributed by atoms with van der Waals surface area (Å²) in [7, 11) is -2.41. The van der Waals surface area contributed by atoms with E-state index in [0.717, 1.165) is 22.3 Å². The van der Waals surface area contributed by atoms with Gasteiger partial charge in [-0.15, -0.1) is 11.8 Å². The summed E-state index contributed by atoms with van der Waals surface area (Å²) in [5.41, 5.74) is 3.88. The number of esters is 1. The van der Waals surface area contributed by atoms with Crippen molar-refractivity contribution in [1.82, 2.24) is 4.90 Å². The average Bonchev–Trinajstić information content (AvgIpc) is 3.23. The highest BCUT2D eigenvalue weighted by atomic mass is 32.2. The highest BCUT2D eigenvalue weighted by Crippen LogP contribution is 2.58. The fourth-order valence-electron chi connectivity index (χ4n) is 7.28. The molecule has 6 aromatic rings. The second kappa shape index (κ2) is 15.6. The van der Waals surface area contributed by atoms with Gasteiger partial charge >= 0.3 is 5.97 Å². The first-order chi connectivity index (χ1) is 26.1. The van der Waals surface area contributed by atoms with Crippen molar-refractivity contribution >= 4 is 53.0 Å². The summed E-state index contributed by atoms with van der Waals surface area (Å²) in [5, 5.41) is 3.29. The molecule has 53 heavy (non-hydrogen) atoms. The van der Waals surface area contributed by atoms with E-state index in [2.05, 4.69) is 72.8 Å². The van der Waals surface area contributed by atoms with E-state index in [1.807, 2.05) is 109 Å². The number of thioether (sulfide) groups is 1. The van der Waals surface area contributed by atoms with E-state index < -0.39 is 25.4 Å². The molecule has 2 atom stereocenters. The third kappa shape index (κ3) is 6.89. The Kier molecular flexibility index (Phi) is 10.2. The van der Waals surface area contributed by atoms with Crippen LogP contribution in [0.1, 0.15) is 22.8 Å². The lowest BCUT2D eigenvalue weighted by molar-refractivity contribution is -0.153. The van der Waals surface area contributed by atoms with Gasteiger partial charge in [-0.3, -0.25) is 14.7 Å². The number of hydrogen-bond donors (Lipinski definition) is 0. The molecule has 0 N–H and O–H groups in total. The Morgan fingerprint density at radius 2 is 1.11 bits per heavy atom. The minimum absolute atomic E-state index is 0.196. The molecule has 1 saturated heterocycles. The molecule has 6 aromatic carbocycles. The summed E-state index contributed by atoms with van der Waals surface area (Å²) >= 11 is 1.67. The molecule has 8 rings (SSSR count). The smallest absolute Gasteiger partial charge is 0.356 e. The number of fused-ring (bicyclic) bond motifs is 1. The lowest BCUT2D eigenvalue weighted by Crippen LogP contribution is -2.64. The molecule has 5 nitrogen and oxygen atoms in total. The van der Waals surface area contributed by atoms with Crippen LogP contribution in [0.4, 0.5) is 0 Å². The molecular weight excluding hydrogens is 692 g/mol. The highest BCUT2D eigenvalue weighted by molar-refractivity contribution is 8.00. The summed E-state index contributed by atoms with van der Waals surface area (Å²) in [6.45, 7) is 0. The number of ether oxygens (including phenoxy) is 1. The molecule has 7 heteroatoms. The molecule has 260 valence electrons. The number of benzene rings is 6. The lowest BCUT2D eigenvalue weighted by Gasteiger charge is -2.48. The molecule has 0 aromatic heterocycles. The Hall–Kier alpha value is -5.55. The number of nitrogens with zero attached hydrogens (tertiary/aromatic N) is 2. The fourth-order valence-corrected chi connectivity index (χ4v) is 13.1. The number of aliphatic imine (C=N–C) groups is 1. The molecule has 2 aliphatic heterocycles. The number of rotatable bonds is 11. The average molecular weight is 730 g/mol. The SMILES string of the molecule is O=C(OC(c1ccccc1)c1ccccc1)C1=C(C[P+](c2ccccc2)(c2ccccc2)c2ccccc2)CS[C@@H]2C(N=Cc3ccccc3)C(=O)N12. The Bertz CT molecular complexity index is 2100. The van der Waals surface area contributed by atoms with Gasteiger partial charge in [-0.25, -0.2) is 4.79 Å². The van der Waals surface area contributed by atoms with Crippen molar-refractivity contribution in [3.8, 4) is 0 Å². The van der Waals surface area contributed by atoms with Crippen molar-refractivity contribution in [2.75, 3.05) is 11.9 Å². The van der Waals surface area contributed by atoms with Crippen LogP contribution in [0, 0.1) is 0 Å². The third-order valence-corrected chi connectivity index (χ3v) is 15.6. The maximum absolute atomic E-state index is 15.0. The number of hydrogen-bond acceptors (Lipinski definition) is 5. The molecule has 0 spiro atoms. The van der Waals surface area contributed by atoms with Gasteiger partial charge < -0.3 is 4.74 Å². The zero-order chi connectivity index (χ0) is 36.0. The number of carbonyl (C=O) groups is 2. The van der Waals surface area contributed by atoms with Crippen molar-refractivity contribution < 1.29 is 14.3 Å². The molecule has 0 bridgehead atoms. The zero-order valence-electron chi connectivity index (χ0n) is 29.0. The maximum atomic E-state index is 15.0. The van der Waals surface area contributed by atoms with Crippen LogP contribution in [-0.2, 0) is 14.3 Å². The number of carbonyl (C=O) groups excluding carboxylic acids is 2. The second-order valence-electron chi connectivity index (χ2n) is 13.1. The second-order valence-corrected chi connectivity index (χ2v) is 17.7. The van der Waals surface area contributed by atoms with E-state index in [0.29, 0.717) is 17.6 Å². The zero-order valence-corrected chi connectivity index (χ0v) is 30.7. The lowest BCUT2D eigenvalue weighted by atomic mass is 10.0. The molecule has 1 fully saturated rings. The topological polar surface area (TPSA) is 59.0 Å². The molecule has 1 unspecified atom stereocenters. The van der Waals surface area contributed by atoms with Crippen LogP contribution in [0.25, 0.3) is 0 Å². The van der Waals surface area contributed by atoms with Gasteiger partial charge in [-0.1, -0.05) is 146 Å². The van der Waals surface area contributed by atoms with Gasteiger partial charge in [0.25, 0.3) is 5.91 Å². The van der Waals surface area contributed by atoms with Gasteiger partial charge in [0.2, 0.25) is 0 Å². The monoisotopic (exact) mass is 729 g/mol. The molecule has 0 saturated carbocycles. The van der Waals surface area contributed by atoms with Crippen molar-refractivity contribution in [1.29, 1.82) is 0 Å². The van der Waals surface area contributed by atoms with Gasteiger partial charge in [0.1, 0.15) is 34.2 Å². The predicted molar refractivity (Wildman–Crippen MR) is 219 cm³/mol. The first-order valence-corrected chi connectivity index (χ1v) is 20.8. The van der Waals surface area contributed by atoms with Gasteiger partial charge in [-0.2, -0.15) is 0 Å². The van der Waals surface area contributed by atoms with Crippen molar-refractivity contribution in [2.24, 2.45) is 4.99 Å². The third-order valence-electron chi connectivity index (χ3n) is 9.84. The Morgan fingerprint density at radius 1 is 0.679 bits per heavy atom.